The van der Waals surface area contributed by atoms with E-state index in [0.717, 1.165) is 0 Å². The van der Waals surface area contributed by atoms with E-state index in [1.54, 1.807) is 0 Å². The lowest BCUT2D eigenvalue weighted by Gasteiger charge is -2.31. The van der Waals surface area contributed by atoms with Gasteiger partial charge in [0.15, 0.2) is 0 Å². The average Bonchev–Trinajstić information content (AvgIpc) is 2.23. The fourth-order valence-corrected chi connectivity index (χ4v) is 2.39. The lowest BCUT2D eigenvalue weighted by Crippen LogP contribution is -2.45. The summed E-state index contributed by atoms with van der Waals surface area (Å²) in [6, 6.07) is 0. The van der Waals surface area contributed by atoms with Crippen LogP contribution in [0.5, 0.6) is 0 Å². The molecule has 0 aromatic heterocycles. The molecule has 0 aliphatic rings. The van der Waals surface area contributed by atoms with Gasteiger partial charge in [-0.1, -0.05) is 43.4 Å². The second kappa shape index (κ2) is 8.62. The predicted octanol–water partition coefficient (Wildman–Crippen LogP) is 3.90. The molecule has 0 aromatic rings. The SMILES string of the molecule is CC(C)(C)CC(=O)NC(C)(C)CCOC(C)(C)CC(=O)CI. The monoisotopic (exact) mass is 425 g/mol. The zero-order valence-electron chi connectivity index (χ0n) is 15.1. The molecule has 0 unspecified atom stereocenters. The quantitative estimate of drug-likeness (QED) is 0.451. The van der Waals surface area contributed by atoms with Crippen molar-refractivity contribution in [2.75, 3.05) is 11.0 Å². The molecule has 5 heteroatoms. The Kier molecular flexibility index (Phi) is 8.55. The van der Waals surface area contributed by atoms with Crippen molar-refractivity contribution in [3.63, 3.8) is 0 Å². The number of ketones is 1. The van der Waals surface area contributed by atoms with Gasteiger partial charge in [0.1, 0.15) is 5.78 Å². The first-order valence-corrected chi connectivity index (χ1v) is 9.32. The zero-order valence-corrected chi connectivity index (χ0v) is 17.3. The van der Waals surface area contributed by atoms with Crippen LogP contribution < -0.4 is 5.32 Å². The van der Waals surface area contributed by atoms with Gasteiger partial charge in [0.05, 0.1) is 10.0 Å². The summed E-state index contributed by atoms with van der Waals surface area (Å²) < 4.78 is 6.36. The van der Waals surface area contributed by atoms with Gasteiger partial charge in [-0.2, -0.15) is 0 Å². The molecular formula is C17H32INO3. The molecule has 0 aliphatic heterocycles. The topological polar surface area (TPSA) is 55.4 Å². The summed E-state index contributed by atoms with van der Waals surface area (Å²) in [4.78, 5) is 23.5. The molecule has 22 heavy (non-hydrogen) atoms. The van der Waals surface area contributed by atoms with Gasteiger partial charge in [0, 0.05) is 25.0 Å². The molecule has 0 spiro atoms. The molecule has 0 rings (SSSR count). The molecule has 0 radical (unpaired) electrons. The van der Waals surface area contributed by atoms with Crippen LogP contribution in [0.4, 0.5) is 0 Å². The van der Waals surface area contributed by atoms with Crippen LogP contribution in [-0.2, 0) is 14.3 Å². The van der Waals surface area contributed by atoms with E-state index in [-0.39, 0.29) is 22.6 Å². The molecule has 0 atom stereocenters. The summed E-state index contributed by atoms with van der Waals surface area (Å²) in [6.07, 6.45) is 1.64. The van der Waals surface area contributed by atoms with Crippen LogP contribution in [0, 0.1) is 5.41 Å². The molecule has 0 aromatic carbocycles. The van der Waals surface area contributed by atoms with Crippen molar-refractivity contribution in [2.24, 2.45) is 5.41 Å². The van der Waals surface area contributed by atoms with Crippen molar-refractivity contribution in [2.45, 2.75) is 78.9 Å². The van der Waals surface area contributed by atoms with Crippen LogP contribution in [0.3, 0.4) is 0 Å². The smallest absolute Gasteiger partial charge is 0.220 e. The van der Waals surface area contributed by atoms with Crippen LogP contribution in [0.25, 0.3) is 0 Å². The minimum Gasteiger partial charge on any atom is -0.375 e. The third-order valence-electron chi connectivity index (χ3n) is 3.16. The molecule has 4 nitrogen and oxygen atoms in total. The number of hydrogen-bond donors (Lipinski definition) is 1. The van der Waals surface area contributed by atoms with E-state index in [1.165, 1.54) is 0 Å². The van der Waals surface area contributed by atoms with E-state index in [1.807, 2.05) is 27.7 Å². The fourth-order valence-electron chi connectivity index (χ4n) is 2.12. The maximum atomic E-state index is 12.0. The van der Waals surface area contributed by atoms with Crippen molar-refractivity contribution in [1.82, 2.24) is 5.32 Å². The first-order valence-electron chi connectivity index (χ1n) is 7.79. The van der Waals surface area contributed by atoms with E-state index in [9.17, 15) is 9.59 Å². The van der Waals surface area contributed by atoms with Gasteiger partial charge in [-0.25, -0.2) is 0 Å². The first kappa shape index (κ1) is 21.8. The molecule has 0 fully saturated rings. The lowest BCUT2D eigenvalue weighted by atomic mass is 9.91. The highest BCUT2D eigenvalue weighted by atomic mass is 127. The van der Waals surface area contributed by atoms with E-state index >= 15 is 0 Å². The molecular weight excluding hydrogens is 393 g/mol. The first-order chi connectivity index (χ1) is 9.76. The number of alkyl halides is 1. The number of hydrogen-bond acceptors (Lipinski definition) is 3. The molecule has 0 saturated carbocycles. The zero-order chi connectivity index (χ0) is 17.6. The number of halogens is 1. The van der Waals surface area contributed by atoms with Gasteiger partial charge in [-0.3, -0.25) is 9.59 Å². The third-order valence-corrected chi connectivity index (χ3v) is 4.01. The predicted molar refractivity (Wildman–Crippen MR) is 99.5 cm³/mol. The van der Waals surface area contributed by atoms with Crippen molar-refractivity contribution in [1.29, 1.82) is 0 Å². The molecule has 0 aliphatic carbocycles. The molecule has 130 valence electrons. The molecule has 1 amide bonds. The normalized spacial score (nSPS) is 13.1. The second-order valence-corrected chi connectivity index (χ2v) is 9.14. The third kappa shape index (κ3) is 11.4. The Labute approximate surface area is 149 Å². The van der Waals surface area contributed by atoms with Gasteiger partial charge in [0.25, 0.3) is 0 Å². The molecule has 1 N–H and O–H groups in total. The van der Waals surface area contributed by atoms with Crippen molar-refractivity contribution in [3.8, 4) is 0 Å². The van der Waals surface area contributed by atoms with Gasteiger partial charge >= 0.3 is 0 Å². The fraction of sp³-hybridized carbons (Fsp3) is 0.882. The average molecular weight is 425 g/mol. The maximum absolute atomic E-state index is 12.0. The van der Waals surface area contributed by atoms with Crippen LogP contribution in [0.1, 0.15) is 67.7 Å². The van der Waals surface area contributed by atoms with Crippen LogP contribution in [0.2, 0.25) is 0 Å². The summed E-state index contributed by atoms with van der Waals surface area (Å²) in [6.45, 7) is 14.5. The number of carbonyl (C=O) groups is 2. The molecule has 0 bridgehead atoms. The van der Waals surface area contributed by atoms with Crippen LogP contribution >= 0.6 is 22.6 Å². The molecule has 0 heterocycles. The summed E-state index contributed by atoms with van der Waals surface area (Å²) in [5, 5.41) is 3.06. The van der Waals surface area contributed by atoms with Crippen LogP contribution in [0.15, 0.2) is 0 Å². The number of rotatable bonds is 9. The summed E-state index contributed by atoms with van der Waals surface area (Å²) in [5.41, 5.74) is -0.780. The number of nitrogens with one attached hydrogen (secondary N) is 1. The van der Waals surface area contributed by atoms with E-state index in [4.69, 9.17) is 4.74 Å². The highest BCUT2D eigenvalue weighted by Crippen LogP contribution is 2.21. The molecule has 0 saturated heterocycles. The summed E-state index contributed by atoms with van der Waals surface area (Å²) >= 11 is 2.08. The van der Waals surface area contributed by atoms with Crippen molar-refractivity contribution >= 4 is 34.3 Å². The van der Waals surface area contributed by atoms with E-state index in [0.29, 0.717) is 30.3 Å². The Morgan fingerprint density at radius 3 is 2.00 bits per heavy atom. The highest BCUT2D eigenvalue weighted by molar-refractivity contribution is 14.1. The van der Waals surface area contributed by atoms with E-state index < -0.39 is 5.60 Å². The van der Waals surface area contributed by atoms with Gasteiger partial charge in [0.2, 0.25) is 5.91 Å². The Bertz CT molecular complexity index is 384. The Morgan fingerprint density at radius 1 is 1.00 bits per heavy atom. The number of amides is 1. The summed E-state index contributed by atoms with van der Waals surface area (Å²) in [7, 11) is 0. The van der Waals surface area contributed by atoms with Crippen molar-refractivity contribution in [3.05, 3.63) is 0 Å². The number of Topliss-reactive ketones (excluding diaryl/α,β-unsaturated/α-hetero) is 1. The minimum absolute atomic E-state index is 0.0154. The Hall–Kier alpha value is -0.170. The van der Waals surface area contributed by atoms with E-state index in [2.05, 4.69) is 48.7 Å². The minimum atomic E-state index is -0.451. The van der Waals surface area contributed by atoms with Gasteiger partial charge in [-0.05, 0) is 39.5 Å². The highest BCUT2D eigenvalue weighted by Gasteiger charge is 2.26. The van der Waals surface area contributed by atoms with Crippen LogP contribution in [-0.4, -0.2) is 33.9 Å². The van der Waals surface area contributed by atoms with Crippen molar-refractivity contribution < 1.29 is 14.3 Å². The number of carbonyl (C=O) groups excluding carboxylic acids is 2. The van der Waals surface area contributed by atoms with Gasteiger partial charge < -0.3 is 10.1 Å². The lowest BCUT2D eigenvalue weighted by molar-refractivity contribution is -0.124. The Balaban J connectivity index is 4.27. The standard InChI is InChI=1S/C17H32INO3/c1-15(2,3)11-14(21)19-16(4,5)8-9-22-17(6,7)10-13(20)12-18/h8-12H2,1-7H3,(H,19,21). The maximum Gasteiger partial charge on any atom is 0.220 e. The largest absolute Gasteiger partial charge is 0.375 e. The number of ether oxygens (including phenoxy) is 1. The van der Waals surface area contributed by atoms with Gasteiger partial charge in [-0.15, -0.1) is 0 Å². The summed E-state index contributed by atoms with van der Waals surface area (Å²) in [5.74, 6) is 0.264. The second-order valence-electron chi connectivity index (χ2n) is 8.38. The Morgan fingerprint density at radius 2 is 1.55 bits per heavy atom.